The van der Waals surface area contributed by atoms with Crippen molar-refractivity contribution in [3.05, 3.63) is 59.4 Å². The zero-order chi connectivity index (χ0) is 22.9. The fraction of sp³-hybridized carbons (Fsp3) is 0.500. The number of carbonyl (C=O) groups is 1. The molecule has 2 heterocycles. The predicted molar refractivity (Wildman–Crippen MR) is 127 cm³/mol. The summed E-state index contributed by atoms with van der Waals surface area (Å²) in [7, 11) is 2.08. The molecule has 2 aromatic rings. The van der Waals surface area contributed by atoms with Gasteiger partial charge in [0.25, 0.3) is 5.91 Å². The van der Waals surface area contributed by atoms with E-state index in [4.69, 9.17) is 4.74 Å². The quantitative estimate of drug-likeness (QED) is 0.725. The maximum atomic E-state index is 14.9. The second-order valence-electron chi connectivity index (χ2n) is 9.89. The molecule has 1 unspecified atom stereocenters. The summed E-state index contributed by atoms with van der Waals surface area (Å²) < 4.78 is 20.8. The van der Waals surface area contributed by atoms with E-state index in [9.17, 15) is 9.18 Å². The van der Waals surface area contributed by atoms with E-state index in [1.165, 1.54) is 11.6 Å². The maximum absolute atomic E-state index is 14.9. The summed E-state index contributed by atoms with van der Waals surface area (Å²) in [6, 6.07) is 13.3. The molecule has 2 aromatic carbocycles. The lowest BCUT2D eigenvalue weighted by atomic mass is 9.87. The Kier molecular flexibility index (Phi) is 6.54. The van der Waals surface area contributed by atoms with Crippen molar-refractivity contribution in [1.29, 1.82) is 0 Å². The minimum Gasteiger partial charge on any atom is -0.366 e. The average Bonchev–Trinajstić information content (AvgIpc) is 2.76. The van der Waals surface area contributed by atoms with Crippen LogP contribution in [0.5, 0.6) is 0 Å². The number of morpholine rings is 1. The Morgan fingerprint density at radius 3 is 2.34 bits per heavy atom. The molecule has 0 aliphatic carbocycles. The second kappa shape index (κ2) is 9.20. The largest absolute Gasteiger partial charge is 0.366 e. The summed E-state index contributed by atoms with van der Waals surface area (Å²) in [5.41, 5.74) is 3.62. The van der Waals surface area contributed by atoms with Crippen LogP contribution in [0.2, 0.25) is 0 Å². The van der Waals surface area contributed by atoms with Crippen LogP contribution in [-0.4, -0.2) is 63.3 Å². The molecule has 0 bridgehead atoms. The van der Waals surface area contributed by atoms with E-state index < -0.39 is 6.10 Å². The number of benzene rings is 2. The number of halogens is 1. The molecule has 0 aromatic heterocycles. The lowest BCUT2D eigenvalue weighted by molar-refractivity contribution is -0.133. The smallest absolute Gasteiger partial charge is 0.256 e. The van der Waals surface area contributed by atoms with E-state index in [1.807, 2.05) is 18.2 Å². The molecule has 1 atom stereocenters. The first-order chi connectivity index (χ1) is 15.2. The van der Waals surface area contributed by atoms with Gasteiger partial charge in [-0.25, -0.2) is 4.39 Å². The van der Waals surface area contributed by atoms with Crippen LogP contribution in [0.15, 0.2) is 42.5 Å². The first kappa shape index (κ1) is 22.7. The lowest BCUT2D eigenvalue weighted by Crippen LogP contribution is -2.49. The highest BCUT2D eigenvalue weighted by Crippen LogP contribution is 2.30. The first-order valence-electron chi connectivity index (χ1n) is 11.5. The third kappa shape index (κ3) is 4.81. The number of nitrogens with zero attached hydrogens (tertiary/aromatic N) is 3. The number of amides is 1. The van der Waals surface area contributed by atoms with Crippen LogP contribution in [-0.2, 0) is 21.4 Å². The summed E-state index contributed by atoms with van der Waals surface area (Å²) in [6.07, 6.45) is -0.242. The van der Waals surface area contributed by atoms with E-state index in [-0.39, 0.29) is 17.1 Å². The molecule has 2 saturated heterocycles. The molecular formula is C26H34FN3O2. The van der Waals surface area contributed by atoms with E-state index in [2.05, 4.69) is 49.8 Å². The van der Waals surface area contributed by atoms with Crippen molar-refractivity contribution in [1.82, 2.24) is 4.90 Å². The Balaban J connectivity index is 1.53. The highest BCUT2D eigenvalue weighted by molar-refractivity contribution is 5.97. The van der Waals surface area contributed by atoms with Gasteiger partial charge in [-0.1, -0.05) is 45.0 Å². The summed E-state index contributed by atoms with van der Waals surface area (Å²) >= 11 is 0. The molecule has 0 N–H and O–H groups in total. The molecule has 0 radical (unpaired) electrons. The molecule has 0 saturated carbocycles. The van der Waals surface area contributed by atoms with E-state index >= 15 is 0 Å². The third-order valence-corrected chi connectivity index (χ3v) is 6.52. The van der Waals surface area contributed by atoms with Crippen LogP contribution in [0.3, 0.4) is 0 Å². The molecule has 172 valence electrons. The molecular weight excluding hydrogens is 405 g/mol. The summed E-state index contributed by atoms with van der Waals surface area (Å²) in [5.74, 6) is -0.293. The number of carbonyl (C=O) groups excluding carboxylic acids is 1. The van der Waals surface area contributed by atoms with Crippen molar-refractivity contribution in [2.45, 2.75) is 38.7 Å². The highest BCUT2D eigenvalue weighted by atomic mass is 19.1. The Morgan fingerprint density at radius 1 is 1.00 bits per heavy atom. The van der Waals surface area contributed by atoms with E-state index in [1.54, 1.807) is 11.0 Å². The second-order valence-corrected chi connectivity index (χ2v) is 9.89. The van der Waals surface area contributed by atoms with Gasteiger partial charge in [-0.3, -0.25) is 4.79 Å². The number of anilines is 2. The molecule has 4 rings (SSSR count). The Bertz CT molecular complexity index is 947. The number of piperazine rings is 1. The van der Waals surface area contributed by atoms with Crippen molar-refractivity contribution in [3.63, 3.8) is 0 Å². The van der Waals surface area contributed by atoms with Gasteiger partial charge in [0.15, 0.2) is 0 Å². The number of likely N-dealkylation sites (N-methyl/N-ethyl adjacent to an activating group) is 1. The summed E-state index contributed by atoms with van der Waals surface area (Å²) in [4.78, 5) is 19.5. The molecule has 2 aliphatic rings. The lowest BCUT2D eigenvalue weighted by Gasteiger charge is -2.36. The number of rotatable bonds is 4. The van der Waals surface area contributed by atoms with Crippen LogP contribution in [0.25, 0.3) is 0 Å². The van der Waals surface area contributed by atoms with E-state index in [0.717, 1.165) is 37.4 Å². The van der Waals surface area contributed by atoms with Gasteiger partial charge in [0.2, 0.25) is 0 Å². The SMILES string of the molecule is CN1CCN(c2c(F)cccc2CC2OCCN(c3ccc(C(C)(C)C)cc3)C2=O)CC1. The standard InChI is InChI=1S/C26H34FN3O2/c1-26(2,3)20-8-10-21(11-9-20)30-16-17-32-23(25(30)31)18-19-6-5-7-22(27)24(19)29-14-12-28(4)13-15-29/h5-11,23H,12-18H2,1-4H3. The molecule has 1 amide bonds. The van der Waals surface area contributed by atoms with Crippen molar-refractivity contribution < 1.29 is 13.9 Å². The Hall–Kier alpha value is -2.44. The number of hydrogen-bond donors (Lipinski definition) is 0. The van der Waals surface area contributed by atoms with E-state index in [0.29, 0.717) is 25.3 Å². The molecule has 2 fully saturated rings. The van der Waals surface area contributed by atoms with Gasteiger partial charge in [-0.05, 0) is 41.8 Å². The fourth-order valence-electron chi connectivity index (χ4n) is 4.49. The predicted octanol–water partition coefficient (Wildman–Crippen LogP) is 3.85. The van der Waals surface area contributed by atoms with Gasteiger partial charge in [-0.15, -0.1) is 0 Å². The van der Waals surface area contributed by atoms with Gasteiger partial charge < -0.3 is 19.4 Å². The minimum atomic E-state index is -0.612. The normalized spacial score (nSPS) is 20.7. The van der Waals surface area contributed by atoms with Crippen LogP contribution in [0.4, 0.5) is 15.8 Å². The topological polar surface area (TPSA) is 36.0 Å². The number of ether oxygens (including phenoxy) is 1. The number of para-hydroxylation sites is 1. The van der Waals surface area contributed by atoms with Crippen LogP contribution in [0, 0.1) is 5.82 Å². The molecule has 0 spiro atoms. The summed E-state index contributed by atoms with van der Waals surface area (Å²) in [6.45, 7) is 10.9. The van der Waals surface area contributed by atoms with Gasteiger partial charge in [0, 0.05) is 44.8 Å². The molecule has 2 aliphatic heterocycles. The maximum Gasteiger partial charge on any atom is 0.256 e. The Labute approximate surface area is 190 Å². The van der Waals surface area contributed by atoms with Crippen molar-refractivity contribution in [3.8, 4) is 0 Å². The highest BCUT2D eigenvalue weighted by Gasteiger charge is 2.32. The summed E-state index contributed by atoms with van der Waals surface area (Å²) in [5, 5.41) is 0. The van der Waals surface area contributed by atoms with Gasteiger partial charge in [0.1, 0.15) is 11.9 Å². The Morgan fingerprint density at radius 2 is 1.69 bits per heavy atom. The van der Waals surface area contributed by atoms with Crippen LogP contribution < -0.4 is 9.80 Å². The minimum absolute atomic E-state index is 0.0617. The zero-order valence-corrected chi connectivity index (χ0v) is 19.6. The zero-order valence-electron chi connectivity index (χ0n) is 19.6. The first-order valence-corrected chi connectivity index (χ1v) is 11.5. The van der Waals surface area contributed by atoms with Crippen molar-refractivity contribution >= 4 is 17.3 Å². The van der Waals surface area contributed by atoms with Crippen molar-refractivity contribution in [2.75, 3.05) is 56.2 Å². The van der Waals surface area contributed by atoms with Gasteiger partial charge in [-0.2, -0.15) is 0 Å². The van der Waals surface area contributed by atoms with Crippen LogP contribution in [0.1, 0.15) is 31.9 Å². The van der Waals surface area contributed by atoms with Crippen molar-refractivity contribution in [2.24, 2.45) is 0 Å². The molecule has 5 nitrogen and oxygen atoms in total. The number of hydrogen-bond acceptors (Lipinski definition) is 4. The molecule has 6 heteroatoms. The van der Waals surface area contributed by atoms with Gasteiger partial charge >= 0.3 is 0 Å². The van der Waals surface area contributed by atoms with Crippen LogP contribution >= 0.6 is 0 Å². The van der Waals surface area contributed by atoms with Gasteiger partial charge in [0.05, 0.1) is 12.3 Å². The average molecular weight is 440 g/mol. The third-order valence-electron chi connectivity index (χ3n) is 6.52. The molecule has 32 heavy (non-hydrogen) atoms. The fourth-order valence-corrected chi connectivity index (χ4v) is 4.49. The monoisotopic (exact) mass is 439 g/mol.